The first kappa shape index (κ1) is 14.0. The van der Waals surface area contributed by atoms with Gasteiger partial charge in [-0.15, -0.1) is 0 Å². The van der Waals surface area contributed by atoms with Crippen LogP contribution in [-0.4, -0.2) is 11.9 Å². The third-order valence-corrected chi connectivity index (χ3v) is 2.85. The number of aryl methyl sites for hydroxylation is 1. The van der Waals surface area contributed by atoms with Crippen LogP contribution < -0.4 is 0 Å². The third kappa shape index (κ3) is 3.72. The zero-order valence-electron chi connectivity index (χ0n) is 9.55. The van der Waals surface area contributed by atoms with Crippen molar-refractivity contribution in [2.24, 2.45) is 0 Å². The van der Waals surface area contributed by atoms with Crippen molar-refractivity contribution in [1.82, 2.24) is 0 Å². The highest BCUT2D eigenvalue weighted by atomic mass is 35.5. The molecule has 0 bridgehead atoms. The fourth-order valence-electron chi connectivity index (χ4n) is 1.23. The standard InChI is InChI=1S/C12H12Cl2O3/c1-3-4-11(15)17-12(16)8-5-7(2)9(13)6-10(8)14/h5-6H,3-4H2,1-2H3. The second kappa shape index (κ2) is 6.03. The molecule has 0 saturated heterocycles. The second-order valence-corrected chi connectivity index (χ2v) is 4.41. The van der Waals surface area contributed by atoms with E-state index in [-0.39, 0.29) is 17.0 Å². The molecule has 0 spiro atoms. The zero-order chi connectivity index (χ0) is 13.0. The summed E-state index contributed by atoms with van der Waals surface area (Å²) in [7, 11) is 0. The molecule has 0 aliphatic heterocycles. The topological polar surface area (TPSA) is 43.4 Å². The average molecular weight is 275 g/mol. The minimum atomic E-state index is -0.742. The van der Waals surface area contributed by atoms with Gasteiger partial charge in [-0.05, 0) is 31.0 Å². The number of ether oxygens (including phenoxy) is 1. The number of carbonyl (C=O) groups is 2. The monoisotopic (exact) mass is 274 g/mol. The van der Waals surface area contributed by atoms with Crippen LogP contribution in [-0.2, 0) is 9.53 Å². The van der Waals surface area contributed by atoms with Crippen LogP contribution in [0.3, 0.4) is 0 Å². The van der Waals surface area contributed by atoms with Gasteiger partial charge >= 0.3 is 11.9 Å². The van der Waals surface area contributed by atoms with Crippen LogP contribution in [0.4, 0.5) is 0 Å². The van der Waals surface area contributed by atoms with Crippen LogP contribution in [0.25, 0.3) is 0 Å². The summed E-state index contributed by atoms with van der Waals surface area (Å²) >= 11 is 11.7. The molecular weight excluding hydrogens is 263 g/mol. The Morgan fingerprint density at radius 3 is 2.47 bits per heavy atom. The highest BCUT2D eigenvalue weighted by Crippen LogP contribution is 2.25. The van der Waals surface area contributed by atoms with Gasteiger partial charge in [-0.2, -0.15) is 0 Å². The zero-order valence-corrected chi connectivity index (χ0v) is 11.1. The Kier molecular flexibility index (Phi) is 4.97. The molecule has 5 heteroatoms. The first-order valence-electron chi connectivity index (χ1n) is 5.16. The van der Waals surface area contributed by atoms with E-state index in [4.69, 9.17) is 23.2 Å². The number of benzene rings is 1. The molecule has 0 radical (unpaired) electrons. The van der Waals surface area contributed by atoms with Crippen molar-refractivity contribution in [2.75, 3.05) is 0 Å². The summed E-state index contributed by atoms with van der Waals surface area (Å²) in [5.74, 6) is -1.30. The first-order chi connectivity index (χ1) is 7.95. The largest absolute Gasteiger partial charge is 0.389 e. The van der Waals surface area contributed by atoms with Crippen LogP contribution in [0.5, 0.6) is 0 Å². The maximum absolute atomic E-state index is 11.6. The molecule has 0 aliphatic rings. The van der Waals surface area contributed by atoms with Gasteiger partial charge in [0.1, 0.15) is 0 Å². The molecule has 1 rings (SSSR count). The van der Waals surface area contributed by atoms with Gasteiger partial charge in [-0.3, -0.25) is 4.79 Å². The van der Waals surface area contributed by atoms with E-state index in [0.29, 0.717) is 17.0 Å². The lowest BCUT2D eigenvalue weighted by molar-refractivity contribution is -0.137. The van der Waals surface area contributed by atoms with E-state index in [9.17, 15) is 9.59 Å². The van der Waals surface area contributed by atoms with Crippen molar-refractivity contribution in [2.45, 2.75) is 26.7 Å². The van der Waals surface area contributed by atoms with Gasteiger partial charge in [0, 0.05) is 11.4 Å². The molecule has 0 heterocycles. The van der Waals surface area contributed by atoms with Crippen LogP contribution in [0.2, 0.25) is 10.0 Å². The molecule has 17 heavy (non-hydrogen) atoms. The van der Waals surface area contributed by atoms with E-state index in [1.165, 1.54) is 12.1 Å². The highest BCUT2D eigenvalue weighted by Gasteiger charge is 2.17. The number of rotatable bonds is 3. The first-order valence-corrected chi connectivity index (χ1v) is 5.92. The van der Waals surface area contributed by atoms with Gasteiger partial charge in [0.05, 0.1) is 10.6 Å². The summed E-state index contributed by atoms with van der Waals surface area (Å²) in [5, 5.41) is 0.640. The van der Waals surface area contributed by atoms with E-state index in [0.717, 1.165) is 0 Å². The lowest BCUT2D eigenvalue weighted by Gasteiger charge is -2.06. The SMILES string of the molecule is CCCC(=O)OC(=O)c1cc(C)c(Cl)cc1Cl. The lowest BCUT2D eigenvalue weighted by Crippen LogP contribution is -2.12. The molecule has 0 aliphatic carbocycles. The molecule has 0 aromatic heterocycles. The molecule has 92 valence electrons. The summed E-state index contributed by atoms with van der Waals surface area (Å²) in [5.41, 5.74) is 0.851. The fraction of sp³-hybridized carbons (Fsp3) is 0.333. The molecule has 0 atom stereocenters. The summed E-state index contributed by atoms with van der Waals surface area (Å²) < 4.78 is 4.65. The Bertz CT molecular complexity index is 455. The van der Waals surface area contributed by atoms with Gasteiger partial charge in [0.2, 0.25) is 0 Å². The van der Waals surface area contributed by atoms with Crippen molar-refractivity contribution in [3.8, 4) is 0 Å². The molecule has 0 fully saturated rings. The summed E-state index contributed by atoms with van der Waals surface area (Å²) in [6.45, 7) is 3.56. The van der Waals surface area contributed by atoms with Crippen molar-refractivity contribution in [3.05, 3.63) is 33.3 Å². The summed E-state index contributed by atoms with van der Waals surface area (Å²) in [6, 6.07) is 2.96. The normalized spacial score (nSPS) is 10.1. The number of carbonyl (C=O) groups excluding carboxylic acids is 2. The van der Waals surface area contributed by atoms with Crippen LogP contribution in [0, 0.1) is 6.92 Å². The molecule has 1 aromatic carbocycles. The van der Waals surface area contributed by atoms with E-state index in [2.05, 4.69) is 4.74 Å². The van der Waals surface area contributed by atoms with Crippen LogP contribution >= 0.6 is 23.2 Å². The predicted octanol–water partition coefficient (Wildman–Crippen LogP) is 3.79. The maximum Gasteiger partial charge on any atom is 0.347 e. The summed E-state index contributed by atoms with van der Waals surface area (Å²) in [6.07, 6.45) is 0.829. The number of hydrogen-bond donors (Lipinski definition) is 0. The molecular formula is C12H12Cl2O3. The Hall–Kier alpha value is -1.06. The molecule has 0 N–H and O–H groups in total. The van der Waals surface area contributed by atoms with E-state index in [1.54, 1.807) is 6.92 Å². The van der Waals surface area contributed by atoms with Gasteiger partial charge in [0.15, 0.2) is 0 Å². The van der Waals surface area contributed by atoms with Crippen molar-refractivity contribution in [1.29, 1.82) is 0 Å². The van der Waals surface area contributed by atoms with Gasteiger partial charge < -0.3 is 4.74 Å². The Morgan fingerprint density at radius 1 is 1.24 bits per heavy atom. The van der Waals surface area contributed by atoms with Gasteiger partial charge in [-0.1, -0.05) is 30.1 Å². The maximum atomic E-state index is 11.6. The molecule has 0 unspecified atom stereocenters. The Balaban J connectivity index is 2.89. The Labute approximate surface area is 110 Å². The van der Waals surface area contributed by atoms with Crippen molar-refractivity contribution < 1.29 is 14.3 Å². The van der Waals surface area contributed by atoms with E-state index >= 15 is 0 Å². The van der Waals surface area contributed by atoms with E-state index in [1.807, 2.05) is 6.92 Å². The molecule has 0 saturated carbocycles. The predicted molar refractivity (Wildman–Crippen MR) is 66.5 cm³/mol. The smallest absolute Gasteiger partial charge is 0.347 e. The minimum Gasteiger partial charge on any atom is -0.389 e. The number of halogens is 2. The van der Waals surface area contributed by atoms with E-state index < -0.39 is 11.9 Å². The number of hydrogen-bond acceptors (Lipinski definition) is 3. The van der Waals surface area contributed by atoms with Crippen molar-refractivity contribution >= 4 is 35.1 Å². The molecule has 1 aromatic rings. The van der Waals surface area contributed by atoms with Crippen molar-refractivity contribution in [3.63, 3.8) is 0 Å². The third-order valence-electron chi connectivity index (χ3n) is 2.13. The van der Waals surface area contributed by atoms with Crippen LogP contribution in [0.15, 0.2) is 12.1 Å². The van der Waals surface area contributed by atoms with Gasteiger partial charge in [0.25, 0.3) is 0 Å². The average Bonchev–Trinajstić information content (AvgIpc) is 2.23. The molecule has 0 amide bonds. The summed E-state index contributed by atoms with van der Waals surface area (Å²) in [4.78, 5) is 22.8. The minimum absolute atomic E-state index is 0.151. The Morgan fingerprint density at radius 2 is 1.88 bits per heavy atom. The quantitative estimate of drug-likeness (QED) is 0.622. The molecule has 3 nitrogen and oxygen atoms in total. The highest BCUT2D eigenvalue weighted by molar-refractivity contribution is 6.37. The van der Waals surface area contributed by atoms with Crippen LogP contribution in [0.1, 0.15) is 35.7 Å². The fourth-order valence-corrected chi connectivity index (χ4v) is 1.69. The van der Waals surface area contributed by atoms with Gasteiger partial charge in [-0.25, -0.2) is 4.79 Å². The second-order valence-electron chi connectivity index (χ2n) is 3.59. The number of esters is 2. The lowest BCUT2D eigenvalue weighted by atomic mass is 10.1.